The SMILES string of the molecule is CC(C)(SC1CCCOC1)[C@@H](N)C(=O)O. The molecule has 1 rings (SSSR count). The average molecular weight is 233 g/mol. The molecule has 0 aromatic rings. The zero-order valence-corrected chi connectivity index (χ0v) is 10.0. The third-order valence-corrected chi connectivity index (χ3v) is 4.17. The lowest BCUT2D eigenvalue weighted by Crippen LogP contribution is -2.48. The first-order valence-electron chi connectivity index (χ1n) is 5.17. The van der Waals surface area contributed by atoms with Crippen molar-refractivity contribution in [3.63, 3.8) is 0 Å². The minimum atomic E-state index is -0.941. The van der Waals surface area contributed by atoms with Crippen molar-refractivity contribution >= 4 is 17.7 Å². The van der Waals surface area contributed by atoms with Crippen molar-refractivity contribution in [1.82, 2.24) is 0 Å². The molecule has 0 saturated carbocycles. The molecule has 0 aromatic heterocycles. The molecule has 0 radical (unpaired) electrons. The molecule has 0 bridgehead atoms. The number of rotatable bonds is 4. The fourth-order valence-corrected chi connectivity index (χ4v) is 3.16. The molecule has 4 nitrogen and oxygen atoms in total. The predicted molar refractivity (Wildman–Crippen MR) is 61.1 cm³/mol. The van der Waals surface area contributed by atoms with Crippen molar-refractivity contribution in [3.05, 3.63) is 0 Å². The molecule has 1 saturated heterocycles. The second kappa shape index (κ2) is 5.18. The van der Waals surface area contributed by atoms with Crippen molar-refractivity contribution in [2.24, 2.45) is 5.73 Å². The van der Waals surface area contributed by atoms with Crippen LogP contribution in [0.15, 0.2) is 0 Å². The summed E-state index contributed by atoms with van der Waals surface area (Å²) in [6.07, 6.45) is 2.14. The van der Waals surface area contributed by atoms with Crippen LogP contribution >= 0.6 is 11.8 Å². The Morgan fingerprint density at radius 1 is 1.67 bits per heavy atom. The van der Waals surface area contributed by atoms with Crippen LogP contribution in [0, 0.1) is 0 Å². The number of carboxylic acid groups (broad SMARTS) is 1. The molecule has 1 aliphatic rings. The zero-order valence-electron chi connectivity index (χ0n) is 9.23. The van der Waals surface area contributed by atoms with Gasteiger partial charge in [-0.2, -0.15) is 0 Å². The summed E-state index contributed by atoms with van der Waals surface area (Å²) in [7, 11) is 0. The zero-order chi connectivity index (χ0) is 11.5. The van der Waals surface area contributed by atoms with E-state index in [1.165, 1.54) is 0 Å². The minimum absolute atomic E-state index is 0.374. The van der Waals surface area contributed by atoms with Gasteiger partial charge in [0.1, 0.15) is 6.04 Å². The van der Waals surface area contributed by atoms with Gasteiger partial charge in [0.2, 0.25) is 0 Å². The summed E-state index contributed by atoms with van der Waals surface area (Å²) >= 11 is 1.63. The first kappa shape index (κ1) is 12.8. The standard InChI is InChI=1S/C10H19NO3S/c1-10(2,8(11)9(12)13)15-7-4-3-5-14-6-7/h7-8H,3-6,11H2,1-2H3,(H,12,13)/t7?,8-/m0/s1. The molecule has 1 unspecified atom stereocenters. The van der Waals surface area contributed by atoms with Gasteiger partial charge in [-0.15, -0.1) is 11.8 Å². The molecule has 1 aliphatic heterocycles. The number of aliphatic carboxylic acids is 1. The largest absolute Gasteiger partial charge is 0.480 e. The maximum absolute atomic E-state index is 10.8. The van der Waals surface area contributed by atoms with Gasteiger partial charge in [-0.25, -0.2) is 0 Å². The molecule has 1 fully saturated rings. The highest BCUT2D eigenvalue weighted by atomic mass is 32.2. The number of carbonyl (C=O) groups is 1. The Hall–Kier alpha value is -0.260. The molecule has 1 heterocycles. The van der Waals surface area contributed by atoms with Gasteiger partial charge in [-0.05, 0) is 26.7 Å². The van der Waals surface area contributed by atoms with Crippen LogP contribution in [0.4, 0.5) is 0 Å². The average Bonchev–Trinajstić information content (AvgIpc) is 2.17. The molecule has 0 aromatic carbocycles. The summed E-state index contributed by atoms with van der Waals surface area (Å²) in [5, 5.41) is 9.25. The molecule has 5 heteroatoms. The number of nitrogens with two attached hydrogens (primary N) is 1. The molecule has 0 amide bonds. The Morgan fingerprint density at radius 2 is 2.33 bits per heavy atom. The fraction of sp³-hybridized carbons (Fsp3) is 0.900. The van der Waals surface area contributed by atoms with Crippen LogP contribution < -0.4 is 5.73 Å². The highest BCUT2D eigenvalue weighted by Crippen LogP contribution is 2.34. The summed E-state index contributed by atoms with van der Waals surface area (Å²) in [4.78, 5) is 10.8. The molecule has 3 N–H and O–H groups in total. The van der Waals surface area contributed by atoms with Gasteiger partial charge < -0.3 is 15.6 Å². The second-order valence-electron chi connectivity index (χ2n) is 4.38. The van der Waals surface area contributed by atoms with Crippen LogP contribution in [-0.2, 0) is 9.53 Å². The van der Waals surface area contributed by atoms with Crippen LogP contribution in [-0.4, -0.2) is 40.3 Å². The first-order valence-corrected chi connectivity index (χ1v) is 6.05. The van der Waals surface area contributed by atoms with Gasteiger partial charge in [-0.3, -0.25) is 4.79 Å². The minimum Gasteiger partial charge on any atom is -0.480 e. The van der Waals surface area contributed by atoms with Gasteiger partial charge in [0.15, 0.2) is 0 Å². The molecule has 0 spiro atoms. The van der Waals surface area contributed by atoms with E-state index in [0.717, 1.165) is 19.4 Å². The third kappa shape index (κ3) is 3.66. The van der Waals surface area contributed by atoms with E-state index < -0.39 is 16.8 Å². The maximum Gasteiger partial charge on any atom is 0.321 e. The second-order valence-corrected chi connectivity index (χ2v) is 6.33. The molecule has 88 valence electrons. The number of ether oxygens (including phenoxy) is 1. The highest BCUT2D eigenvalue weighted by molar-refractivity contribution is 8.01. The number of carboxylic acids is 1. The molecule has 15 heavy (non-hydrogen) atoms. The Morgan fingerprint density at radius 3 is 2.80 bits per heavy atom. The third-order valence-electron chi connectivity index (χ3n) is 2.60. The van der Waals surface area contributed by atoms with Gasteiger partial charge in [0.05, 0.1) is 6.61 Å². The van der Waals surface area contributed by atoms with Crippen LogP contribution in [0.2, 0.25) is 0 Å². The van der Waals surface area contributed by atoms with E-state index in [2.05, 4.69) is 0 Å². The summed E-state index contributed by atoms with van der Waals surface area (Å²) < 4.78 is 4.91. The number of hydrogen-bond acceptors (Lipinski definition) is 4. The Labute approximate surface area is 94.6 Å². The predicted octanol–water partition coefficient (Wildman–Crippen LogP) is 1.09. The molecular formula is C10H19NO3S. The van der Waals surface area contributed by atoms with Crippen LogP contribution in [0.1, 0.15) is 26.7 Å². The quantitative estimate of drug-likeness (QED) is 0.760. The molecular weight excluding hydrogens is 214 g/mol. The van der Waals surface area contributed by atoms with Crippen molar-refractivity contribution in [2.45, 2.75) is 42.7 Å². The van der Waals surface area contributed by atoms with Gasteiger partial charge in [0.25, 0.3) is 0 Å². The van der Waals surface area contributed by atoms with E-state index in [-0.39, 0.29) is 0 Å². The highest BCUT2D eigenvalue weighted by Gasteiger charge is 2.35. The van der Waals surface area contributed by atoms with E-state index in [1.807, 2.05) is 13.8 Å². The maximum atomic E-state index is 10.8. The summed E-state index contributed by atoms with van der Waals surface area (Å²) in [5.41, 5.74) is 5.65. The molecule has 0 aliphatic carbocycles. The van der Waals surface area contributed by atoms with Crippen LogP contribution in [0.5, 0.6) is 0 Å². The van der Waals surface area contributed by atoms with Crippen molar-refractivity contribution in [3.8, 4) is 0 Å². The summed E-state index contributed by atoms with van der Waals surface area (Å²) in [6, 6.07) is -0.829. The van der Waals surface area contributed by atoms with Gasteiger partial charge in [0, 0.05) is 16.6 Å². The van der Waals surface area contributed by atoms with Crippen LogP contribution in [0.25, 0.3) is 0 Å². The lowest BCUT2D eigenvalue weighted by atomic mass is 10.1. The topological polar surface area (TPSA) is 72.5 Å². The fourth-order valence-electron chi connectivity index (χ4n) is 1.60. The van der Waals surface area contributed by atoms with E-state index in [4.69, 9.17) is 15.6 Å². The van der Waals surface area contributed by atoms with Gasteiger partial charge >= 0.3 is 5.97 Å². The summed E-state index contributed by atoms with van der Waals surface area (Å²) in [5.74, 6) is -0.941. The lowest BCUT2D eigenvalue weighted by Gasteiger charge is -2.33. The van der Waals surface area contributed by atoms with Gasteiger partial charge in [-0.1, -0.05) is 0 Å². The first-order chi connectivity index (χ1) is 6.93. The summed E-state index contributed by atoms with van der Waals surface area (Å²) in [6.45, 7) is 5.29. The van der Waals surface area contributed by atoms with E-state index >= 15 is 0 Å². The number of thioether (sulfide) groups is 1. The Kier molecular flexibility index (Phi) is 4.43. The van der Waals surface area contributed by atoms with E-state index in [0.29, 0.717) is 11.9 Å². The van der Waals surface area contributed by atoms with E-state index in [9.17, 15) is 4.79 Å². The Bertz CT molecular complexity index is 227. The number of hydrogen-bond donors (Lipinski definition) is 2. The van der Waals surface area contributed by atoms with Crippen molar-refractivity contribution in [1.29, 1.82) is 0 Å². The molecule has 2 atom stereocenters. The Balaban J connectivity index is 2.50. The van der Waals surface area contributed by atoms with Crippen molar-refractivity contribution < 1.29 is 14.6 Å². The lowest BCUT2D eigenvalue weighted by molar-refractivity contribution is -0.139. The van der Waals surface area contributed by atoms with Crippen LogP contribution in [0.3, 0.4) is 0 Å². The van der Waals surface area contributed by atoms with Crippen molar-refractivity contribution in [2.75, 3.05) is 13.2 Å². The monoisotopic (exact) mass is 233 g/mol. The van der Waals surface area contributed by atoms with E-state index in [1.54, 1.807) is 11.8 Å². The normalized spacial score (nSPS) is 24.9. The smallest absolute Gasteiger partial charge is 0.321 e.